The van der Waals surface area contributed by atoms with Gasteiger partial charge >= 0.3 is 0 Å². The average molecular weight is 404 g/mol. The van der Waals surface area contributed by atoms with Crippen molar-refractivity contribution in [1.82, 2.24) is 19.7 Å². The number of carbonyl (C=O) groups is 2. The number of aryl methyl sites for hydroxylation is 1. The summed E-state index contributed by atoms with van der Waals surface area (Å²) in [5.74, 6) is 0.799. The molecule has 1 heterocycles. The molecule has 152 valence electrons. The minimum Gasteiger partial charge on any atom is -0.335 e. The normalized spacial score (nSPS) is 12.1. The van der Waals surface area contributed by atoms with Crippen molar-refractivity contribution in [3.63, 3.8) is 0 Å². The maximum atomic E-state index is 12.7. The van der Waals surface area contributed by atoms with Gasteiger partial charge in [0.1, 0.15) is 5.82 Å². The Morgan fingerprint density at radius 3 is 2.50 bits per heavy atom. The van der Waals surface area contributed by atoms with E-state index in [1.165, 1.54) is 16.7 Å². The number of thioether (sulfide) groups is 1. The van der Waals surface area contributed by atoms with Gasteiger partial charge in [0.05, 0.1) is 11.8 Å². The molecule has 0 aliphatic carbocycles. The lowest BCUT2D eigenvalue weighted by molar-refractivity contribution is -0.132. The summed E-state index contributed by atoms with van der Waals surface area (Å²) in [4.78, 5) is 26.5. The molecule has 1 unspecified atom stereocenters. The van der Waals surface area contributed by atoms with Crippen LogP contribution in [0.3, 0.4) is 0 Å². The van der Waals surface area contributed by atoms with E-state index in [2.05, 4.69) is 29.4 Å². The van der Waals surface area contributed by atoms with Crippen LogP contribution in [0, 0.1) is 0 Å². The van der Waals surface area contributed by atoms with Crippen molar-refractivity contribution in [2.75, 3.05) is 18.9 Å². The minimum atomic E-state index is -0.372. The Morgan fingerprint density at radius 2 is 1.89 bits per heavy atom. The van der Waals surface area contributed by atoms with E-state index in [-0.39, 0.29) is 29.5 Å². The molecule has 2 amide bonds. The van der Waals surface area contributed by atoms with Crippen LogP contribution in [-0.2, 0) is 23.1 Å². The molecule has 0 bridgehead atoms. The highest BCUT2D eigenvalue weighted by molar-refractivity contribution is 8.00. The van der Waals surface area contributed by atoms with Gasteiger partial charge in [-0.3, -0.25) is 9.59 Å². The molecule has 1 atom stereocenters. The molecule has 0 saturated carbocycles. The van der Waals surface area contributed by atoms with Crippen molar-refractivity contribution >= 4 is 29.3 Å². The largest absolute Gasteiger partial charge is 0.335 e. The highest BCUT2D eigenvalue weighted by atomic mass is 32.2. The first-order valence-corrected chi connectivity index (χ1v) is 10.3. The standard InChI is InChI=1S/C20H29N5O2S/c1-7-15-10-8-9-11-16(15)21-17(26)12-24(5)19(27)14(4)28-20-23-22-18(13(2)3)25(20)6/h8-11,13-14H,7,12H2,1-6H3,(H,21,26). The smallest absolute Gasteiger partial charge is 0.243 e. The zero-order valence-electron chi connectivity index (χ0n) is 17.4. The third kappa shape index (κ3) is 5.34. The molecular weight excluding hydrogens is 374 g/mol. The zero-order chi connectivity index (χ0) is 20.8. The molecule has 0 fully saturated rings. The Morgan fingerprint density at radius 1 is 1.21 bits per heavy atom. The van der Waals surface area contributed by atoms with Crippen LogP contribution >= 0.6 is 11.8 Å². The van der Waals surface area contributed by atoms with E-state index >= 15 is 0 Å². The summed E-state index contributed by atoms with van der Waals surface area (Å²) in [6.07, 6.45) is 0.828. The number of para-hydroxylation sites is 1. The molecule has 1 aromatic heterocycles. The van der Waals surface area contributed by atoms with Crippen LogP contribution in [0.1, 0.15) is 45.0 Å². The fraction of sp³-hybridized carbons (Fsp3) is 0.500. The molecule has 28 heavy (non-hydrogen) atoms. The summed E-state index contributed by atoms with van der Waals surface area (Å²) in [7, 11) is 3.54. The van der Waals surface area contributed by atoms with E-state index in [1.54, 1.807) is 7.05 Å². The summed E-state index contributed by atoms with van der Waals surface area (Å²) in [5, 5.41) is 11.6. The van der Waals surface area contributed by atoms with Crippen LogP contribution in [-0.4, -0.2) is 50.3 Å². The lowest BCUT2D eigenvalue weighted by Gasteiger charge is -2.21. The van der Waals surface area contributed by atoms with E-state index in [0.29, 0.717) is 5.16 Å². The Kier molecular flexibility index (Phi) is 7.62. The number of likely N-dealkylation sites (N-methyl/N-ethyl adjacent to an activating group) is 1. The minimum absolute atomic E-state index is 0.00214. The monoisotopic (exact) mass is 403 g/mol. The van der Waals surface area contributed by atoms with Crippen molar-refractivity contribution < 1.29 is 9.59 Å². The highest BCUT2D eigenvalue weighted by Gasteiger charge is 2.23. The molecular formula is C20H29N5O2S. The number of nitrogens with zero attached hydrogens (tertiary/aromatic N) is 4. The van der Waals surface area contributed by atoms with Gasteiger partial charge in [0.2, 0.25) is 11.8 Å². The van der Waals surface area contributed by atoms with Gasteiger partial charge < -0.3 is 14.8 Å². The highest BCUT2D eigenvalue weighted by Crippen LogP contribution is 2.24. The maximum absolute atomic E-state index is 12.7. The molecule has 0 radical (unpaired) electrons. The van der Waals surface area contributed by atoms with Gasteiger partial charge in [-0.25, -0.2) is 0 Å². The summed E-state index contributed by atoms with van der Waals surface area (Å²) < 4.78 is 1.91. The third-order valence-electron chi connectivity index (χ3n) is 4.44. The van der Waals surface area contributed by atoms with E-state index < -0.39 is 0 Å². The molecule has 0 spiro atoms. The van der Waals surface area contributed by atoms with Gasteiger partial charge in [-0.1, -0.05) is 50.7 Å². The Bertz CT molecular complexity index is 834. The van der Waals surface area contributed by atoms with Crippen molar-refractivity contribution in [3.05, 3.63) is 35.7 Å². The number of amides is 2. The first kappa shape index (κ1) is 21.9. The van der Waals surface area contributed by atoms with Crippen LogP contribution in [0.25, 0.3) is 0 Å². The number of nitrogens with one attached hydrogen (secondary N) is 1. The van der Waals surface area contributed by atoms with Gasteiger partial charge in [-0.05, 0) is 25.0 Å². The van der Waals surface area contributed by atoms with Gasteiger partial charge in [0.15, 0.2) is 5.16 Å². The maximum Gasteiger partial charge on any atom is 0.243 e. The molecule has 2 aromatic rings. The predicted octanol–water partition coefficient (Wildman–Crippen LogP) is 3.08. The molecule has 1 aromatic carbocycles. The fourth-order valence-corrected chi connectivity index (χ4v) is 3.82. The van der Waals surface area contributed by atoms with Crippen LogP contribution < -0.4 is 5.32 Å². The van der Waals surface area contributed by atoms with E-state index in [0.717, 1.165) is 23.5 Å². The summed E-state index contributed by atoms with van der Waals surface area (Å²) in [5.41, 5.74) is 1.86. The number of hydrogen-bond acceptors (Lipinski definition) is 5. The number of aromatic nitrogens is 3. The van der Waals surface area contributed by atoms with E-state index in [4.69, 9.17) is 0 Å². The van der Waals surface area contributed by atoms with Crippen molar-refractivity contribution in [1.29, 1.82) is 0 Å². The number of rotatable bonds is 8. The summed E-state index contributed by atoms with van der Waals surface area (Å²) >= 11 is 1.35. The molecule has 8 heteroatoms. The average Bonchev–Trinajstić information content (AvgIpc) is 3.01. The van der Waals surface area contributed by atoms with Crippen LogP contribution in [0.15, 0.2) is 29.4 Å². The molecule has 2 rings (SSSR count). The predicted molar refractivity (Wildman–Crippen MR) is 112 cm³/mol. The van der Waals surface area contributed by atoms with Gasteiger partial charge in [-0.2, -0.15) is 0 Å². The van der Waals surface area contributed by atoms with Gasteiger partial charge in [0, 0.05) is 25.7 Å². The second-order valence-electron chi connectivity index (χ2n) is 7.07. The van der Waals surface area contributed by atoms with Crippen molar-refractivity contribution in [2.24, 2.45) is 7.05 Å². The fourth-order valence-electron chi connectivity index (χ4n) is 2.88. The van der Waals surface area contributed by atoms with Crippen molar-refractivity contribution in [3.8, 4) is 0 Å². The number of benzene rings is 1. The lowest BCUT2D eigenvalue weighted by atomic mass is 10.1. The first-order chi connectivity index (χ1) is 13.2. The molecule has 7 nitrogen and oxygen atoms in total. The Labute approximate surface area is 170 Å². The third-order valence-corrected chi connectivity index (χ3v) is 5.57. The van der Waals surface area contributed by atoms with Crippen LogP contribution in [0.2, 0.25) is 0 Å². The second-order valence-corrected chi connectivity index (χ2v) is 8.38. The molecule has 0 aliphatic heterocycles. The Balaban J connectivity index is 1.95. The molecule has 1 N–H and O–H groups in total. The molecule has 0 saturated heterocycles. The quantitative estimate of drug-likeness (QED) is 0.685. The first-order valence-electron chi connectivity index (χ1n) is 9.43. The van der Waals surface area contributed by atoms with Crippen LogP contribution in [0.4, 0.5) is 5.69 Å². The zero-order valence-corrected chi connectivity index (χ0v) is 18.2. The van der Waals surface area contributed by atoms with Crippen molar-refractivity contribution in [2.45, 2.75) is 50.4 Å². The van der Waals surface area contributed by atoms with Crippen LogP contribution in [0.5, 0.6) is 0 Å². The van der Waals surface area contributed by atoms with E-state index in [1.807, 2.05) is 49.7 Å². The van der Waals surface area contributed by atoms with Gasteiger partial charge in [0.25, 0.3) is 0 Å². The number of anilines is 1. The summed E-state index contributed by atoms with van der Waals surface area (Å²) in [6, 6.07) is 7.68. The topological polar surface area (TPSA) is 80.1 Å². The van der Waals surface area contributed by atoms with E-state index in [9.17, 15) is 9.59 Å². The van der Waals surface area contributed by atoms with Gasteiger partial charge in [-0.15, -0.1) is 10.2 Å². The number of carbonyl (C=O) groups excluding carboxylic acids is 2. The Hall–Kier alpha value is -2.35. The molecule has 0 aliphatic rings. The number of hydrogen-bond donors (Lipinski definition) is 1. The SMILES string of the molecule is CCc1ccccc1NC(=O)CN(C)C(=O)C(C)Sc1nnc(C(C)C)n1C. The summed E-state index contributed by atoms with van der Waals surface area (Å²) in [6.45, 7) is 7.96. The second kappa shape index (κ2) is 9.73. The lowest BCUT2D eigenvalue weighted by Crippen LogP contribution is -2.39.